The average Bonchev–Trinajstić information content (AvgIpc) is 2.63. The second-order valence-electron chi connectivity index (χ2n) is 7.22. The standard InChI is InChI=1S/C22H29N3O/c1-5-19-10-7-9-17(3)21(19)23-22(26)24-12-13-25(18(4)15-24)20-11-6-8-16(2)14-20/h6-11,14,18H,5,12-13,15H2,1-4H3,(H,23,26). The molecule has 0 bridgehead atoms. The molecular formula is C22H29N3O. The van der Waals surface area contributed by atoms with Crippen LogP contribution in [-0.2, 0) is 6.42 Å². The van der Waals surface area contributed by atoms with E-state index in [4.69, 9.17) is 0 Å². The van der Waals surface area contributed by atoms with Gasteiger partial charge in [-0.05, 0) is 56.0 Å². The van der Waals surface area contributed by atoms with Crippen molar-refractivity contribution in [3.05, 3.63) is 59.2 Å². The highest BCUT2D eigenvalue weighted by molar-refractivity contribution is 5.91. The summed E-state index contributed by atoms with van der Waals surface area (Å²) in [6.45, 7) is 10.8. The van der Waals surface area contributed by atoms with Gasteiger partial charge < -0.3 is 15.1 Å². The summed E-state index contributed by atoms with van der Waals surface area (Å²) in [5.41, 5.74) is 5.77. The highest BCUT2D eigenvalue weighted by atomic mass is 16.2. The summed E-state index contributed by atoms with van der Waals surface area (Å²) in [4.78, 5) is 17.2. The quantitative estimate of drug-likeness (QED) is 0.876. The Morgan fingerprint density at radius 2 is 1.92 bits per heavy atom. The zero-order valence-corrected chi connectivity index (χ0v) is 16.2. The van der Waals surface area contributed by atoms with Crippen molar-refractivity contribution in [1.29, 1.82) is 0 Å². The summed E-state index contributed by atoms with van der Waals surface area (Å²) >= 11 is 0. The van der Waals surface area contributed by atoms with Crippen LogP contribution in [0, 0.1) is 13.8 Å². The van der Waals surface area contributed by atoms with Crippen LogP contribution in [0.3, 0.4) is 0 Å². The monoisotopic (exact) mass is 351 g/mol. The summed E-state index contributed by atoms with van der Waals surface area (Å²) in [5, 5.41) is 3.15. The fraction of sp³-hybridized carbons (Fsp3) is 0.409. The van der Waals surface area contributed by atoms with E-state index in [-0.39, 0.29) is 6.03 Å². The van der Waals surface area contributed by atoms with Gasteiger partial charge in [0.1, 0.15) is 0 Å². The number of aryl methyl sites for hydroxylation is 3. The summed E-state index contributed by atoms with van der Waals surface area (Å²) in [7, 11) is 0. The van der Waals surface area contributed by atoms with E-state index in [1.54, 1.807) is 0 Å². The van der Waals surface area contributed by atoms with E-state index in [9.17, 15) is 4.79 Å². The van der Waals surface area contributed by atoms with Crippen molar-refractivity contribution in [2.45, 2.75) is 40.2 Å². The molecule has 26 heavy (non-hydrogen) atoms. The van der Waals surface area contributed by atoms with Gasteiger partial charge in [0.2, 0.25) is 0 Å². The predicted octanol–water partition coefficient (Wildman–Crippen LogP) is 4.61. The zero-order chi connectivity index (χ0) is 18.7. The van der Waals surface area contributed by atoms with Crippen LogP contribution in [0.2, 0.25) is 0 Å². The van der Waals surface area contributed by atoms with Gasteiger partial charge in [0.15, 0.2) is 0 Å². The third-order valence-corrected chi connectivity index (χ3v) is 5.22. The molecule has 2 amide bonds. The van der Waals surface area contributed by atoms with Crippen molar-refractivity contribution in [2.75, 3.05) is 29.9 Å². The number of nitrogens with zero attached hydrogens (tertiary/aromatic N) is 2. The van der Waals surface area contributed by atoms with E-state index >= 15 is 0 Å². The number of carbonyl (C=O) groups excluding carboxylic acids is 1. The van der Waals surface area contributed by atoms with Crippen LogP contribution in [-0.4, -0.2) is 36.6 Å². The van der Waals surface area contributed by atoms with E-state index in [0.717, 1.165) is 37.3 Å². The van der Waals surface area contributed by atoms with Crippen LogP contribution in [0.5, 0.6) is 0 Å². The number of amides is 2. The molecule has 0 aromatic heterocycles. The van der Waals surface area contributed by atoms with Gasteiger partial charge >= 0.3 is 6.03 Å². The Labute approximate surface area is 156 Å². The number of rotatable bonds is 3. The molecular weight excluding hydrogens is 322 g/mol. The van der Waals surface area contributed by atoms with E-state index in [0.29, 0.717) is 6.04 Å². The van der Waals surface area contributed by atoms with Crippen LogP contribution >= 0.6 is 0 Å². The SMILES string of the molecule is CCc1cccc(C)c1NC(=O)N1CCN(c2cccc(C)c2)C(C)C1. The van der Waals surface area contributed by atoms with Crippen LogP contribution in [0.4, 0.5) is 16.2 Å². The van der Waals surface area contributed by atoms with E-state index in [2.05, 4.69) is 61.3 Å². The number of nitrogens with one attached hydrogen (secondary N) is 1. The lowest BCUT2D eigenvalue weighted by molar-refractivity contribution is 0.200. The smallest absolute Gasteiger partial charge is 0.321 e. The Kier molecular flexibility index (Phi) is 5.50. The van der Waals surface area contributed by atoms with Gasteiger partial charge in [-0.3, -0.25) is 0 Å². The predicted molar refractivity (Wildman–Crippen MR) is 109 cm³/mol. The molecule has 0 radical (unpaired) electrons. The number of anilines is 2. The maximum Gasteiger partial charge on any atom is 0.321 e. The van der Waals surface area contributed by atoms with Gasteiger partial charge in [0, 0.05) is 37.1 Å². The molecule has 1 aliphatic heterocycles. The second kappa shape index (κ2) is 7.81. The van der Waals surface area contributed by atoms with Gasteiger partial charge in [0.05, 0.1) is 0 Å². The molecule has 4 nitrogen and oxygen atoms in total. The molecule has 1 unspecified atom stereocenters. The first-order valence-electron chi connectivity index (χ1n) is 9.47. The van der Waals surface area contributed by atoms with Gasteiger partial charge in [0.25, 0.3) is 0 Å². The molecule has 1 aliphatic rings. The molecule has 0 spiro atoms. The third-order valence-electron chi connectivity index (χ3n) is 5.22. The van der Waals surface area contributed by atoms with E-state index < -0.39 is 0 Å². The Bertz CT molecular complexity index is 787. The lowest BCUT2D eigenvalue weighted by Gasteiger charge is -2.41. The summed E-state index contributed by atoms with van der Waals surface area (Å²) in [5.74, 6) is 0. The highest BCUT2D eigenvalue weighted by Crippen LogP contribution is 2.24. The molecule has 1 saturated heterocycles. The van der Waals surface area contributed by atoms with E-state index in [1.807, 2.05) is 24.0 Å². The fourth-order valence-corrected chi connectivity index (χ4v) is 3.72. The number of urea groups is 1. The Balaban J connectivity index is 1.68. The summed E-state index contributed by atoms with van der Waals surface area (Å²) in [6, 6.07) is 15.1. The van der Waals surface area contributed by atoms with Crippen LogP contribution in [0.25, 0.3) is 0 Å². The van der Waals surface area contributed by atoms with Gasteiger partial charge in [-0.25, -0.2) is 4.79 Å². The van der Waals surface area contributed by atoms with Crippen molar-refractivity contribution >= 4 is 17.4 Å². The molecule has 138 valence electrons. The number of piperazine rings is 1. The second-order valence-corrected chi connectivity index (χ2v) is 7.22. The number of benzene rings is 2. The largest absolute Gasteiger partial charge is 0.365 e. The van der Waals surface area contributed by atoms with Gasteiger partial charge in [-0.2, -0.15) is 0 Å². The van der Waals surface area contributed by atoms with Crippen molar-refractivity contribution in [3.63, 3.8) is 0 Å². The molecule has 1 N–H and O–H groups in total. The molecule has 1 heterocycles. The summed E-state index contributed by atoms with van der Waals surface area (Å²) < 4.78 is 0. The number of para-hydroxylation sites is 1. The maximum absolute atomic E-state index is 12.8. The van der Waals surface area contributed by atoms with Crippen molar-refractivity contribution < 1.29 is 4.79 Å². The number of carbonyl (C=O) groups is 1. The van der Waals surface area contributed by atoms with Crippen LogP contribution in [0.15, 0.2) is 42.5 Å². The molecule has 2 aromatic rings. The molecule has 2 aromatic carbocycles. The van der Waals surface area contributed by atoms with Crippen molar-refractivity contribution in [2.24, 2.45) is 0 Å². The van der Waals surface area contributed by atoms with Crippen molar-refractivity contribution in [3.8, 4) is 0 Å². The minimum Gasteiger partial charge on any atom is -0.365 e. The highest BCUT2D eigenvalue weighted by Gasteiger charge is 2.27. The Morgan fingerprint density at radius 1 is 1.15 bits per heavy atom. The molecule has 4 heteroatoms. The molecule has 0 aliphatic carbocycles. The first-order chi connectivity index (χ1) is 12.5. The topological polar surface area (TPSA) is 35.6 Å². The first-order valence-corrected chi connectivity index (χ1v) is 9.47. The molecule has 1 fully saturated rings. The maximum atomic E-state index is 12.8. The lowest BCUT2D eigenvalue weighted by atomic mass is 10.1. The van der Waals surface area contributed by atoms with Crippen LogP contribution in [0.1, 0.15) is 30.5 Å². The minimum absolute atomic E-state index is 0.00439. The fourth-order valence-electron chi connectivity index (χ4n) is 3.72. The average molecular weight is 351 g/mol. The minimum atomic E-state index is 0.00439. The first kappa shape index (κ1) is 18.3. The Morgan fingerprint density at radius 3 is 2.62 bits per heavy atom. The third kappa shape index (κ3) is 3.85. The summed E-state index contributed by atoms with van der Waals surface area (Å²) in [6.07, 6.45) is 0.912. The van der Waals surface area contributed by atoms with E-state index in [1.165, 1.54) is 16.8 Å². The lowest BCUT2D eigenvalue weighted by Crippen LogP contribution is -2.54. The number of hydrogen-bond donors (Lipinski definition) is 1. The molecule has 0 saturated carbocycles. The molecule has 1 atom stereocenters. The van der Waals surface area contributed by atoms with Crippen molar-refractivity contribution in [1.82, 2.24) is 4.90 Å². The zero-order valence-electron chi connectivity index (χ0n) is 16.2. The molecule has 3 rings (SSSR count). The van der Waals surface area contributed by atoms with Crippen LogP contribution < -0.4 is 10.2 Å². The van der Waals surface area contributed by atoms with Gasteiger partial charge in [-0.1, -0.05) is 37.3 Å². The Hall–Kier alpha value is -2.49. The van der Waals surface area contributed by atoms with Gasteiger partial charge in [-0.15, -0.1) is 0 Å². The normalized spacial score (nSPS) is 17.3. The number of hydrogen-bond acceptors (Lipinski definition) is 2.